The Morgan fingerprint density at radius 1 is 1.42 bits per heavy atom. The highest BCUT2D eigenvalue weighted by molar-refractivity contribution is 5.76. The minimum atomic E-state index is -4.88. The van der Waals surface area contributed by atoms with Gasteiger partial charge in [-0.1, -0.05) is 12.0 Å². The minimum absolute atomic E-state index is 0.0159. The van der Waals surface area contributed by atoms with Gasteiger partial charge >= 0.3 is 6.36 Å². The molecule has 8 heteroatoms. The van der Waals surface area contributed by atoms with Gasteiger partial charge in [0, 0.05) is 6.42 Å². The third-order valence-electron chi connectivity index (χ3n) is 2.76. The van der Waals surface area contributed by atoms with Gasteiger partial charge < -0.3 is 14.8 Å². The van der Waals surface area contributed by atoms with Crippen molar-refractivity contribution in [2.24, 2.45) is 0 Å². The summed E-state index contributed by atoms with van der Waals surface area (Å²) in [5.74, 6) is 1.10. The lowest BCUT2D eigenvalue weighted by Crippen LogP contribution is -2.31. The largest absolute Gasteiger partial charge is 0.573 e. The lowest BCUT2D eigenvalue weighted by Gasteiger charge is -2.14. The number of rotatable bonds is 7. The van der Waals surface area contributed by atoms with Crippen LogP contribution in [0, 0.1) is 23.7 Å². The second-order valence-corrected chi connectivity index (χ2v) is 4.74. The summed E-state index contributed by atoms with van der Waals surface area (Å²) in [6.45, 7) is 1.31. The van der Waals surface area contributed by atoms with E-state index in [2.05, 4.69) is 16.0 Å². The van der Waals surface area contributed by atoms with Gasteiger partial charge in [-0.15, -0.1) is 19.6 Å². The van der Waals surface area contributed by atoms with E-state index in [4.69, 9.17) is 16.4 Å². The molecule has 0 spiro atoms. The number of carbonyl (C=O) groups is 1. The monoisotopic (exact) mass is 340 g/mol. The van der Waals surface area contributed by atoms with Crippen molar-refractivity contribution in [3.8, 4) is 29.9 Å². The summed E-state index contributed by atoms with van der Waals surface area (Å²) < 4.78 is 46.3. The van der Waals surface area contributed by atoms with Crippen molar-refractivity contribution >= 4 is 5.91 Å². The summed E-state index contributed by atoms with van der Waals surface area (Å²) >= 11 is 0. The Morgan fingerprint density at radius 2 is 2.12 bits per heavy atom. The molecule has 128 valence electrons. The number of alkyl halides is 3. The Morgan fingerprint density at radius 3 is 2.71 bits per heavy atom. The first-order valence-corrected chi connectivity index (χ1v) is 6.89. The Balaban J connectivity index is 2.82. The number of nitrogens with zero attached hydrogens (tertiary/aromatic N) is 1. The van der Waals surface area contributed by atoms with Crippen LogP contribution in [0.25, 0.3) is 0 Å². The molecular formula is C16H15F3N2O3. The first-order valence-electron chi connectivity index (χ1n) is 6.89. The van der Waals surface area contributed by atoms with Crippen LogP contribution in [0.2, 0.25) is 0 Å². The van der Waals surface area contributed by atoms with E-state index >= 15 is 0 Å². The fraction of sp³-hybridized carbons (Fsp3) is 0.375. The van der Waals surface area contributed by atoms with Crippen LogP contribution < -0.4 is 14.8 Å². The average molecular weight is 340 g/mol. The molecule has 0 heterocycles. The number of ether oxygens (including phenoxy) is 2. The Labute approximate surface area is 137 Å². The van der Waals surface area contributed by atoms with Gasteiger partial charge in [0.25, 0.3) is 0 Å². The molecule has 0 saturated heterocycles. The van der Waals surface area contributed by atoms with Crippen molar-refractivity contribution in [2.45, 2.75) is 32.2 Å². The van der Waals surface area contributed by atoms with Crippen LogP contribution >= 0.6 is 0 Å². The summed E-state index contributed by atoms with van der Waals surface area (Å²) in [6.07, 6.45) is 0.318. The number of amides is 1. The molecule has 5 nitrogen and oxygen atoms in total. The molecule has 1 atom stereocenters. The topological polar surface area (TPSA) is 71.3 Å². The molecule has 0 bridgehead atoms. The van der Waals surface area contributed by atoms with Crippen LogP contribution in [-0.2, 0) is 11.2 Å². The fourth-order valence-electron chi connectivity index (χ4n) is 1.75. The van der Waals surface area contributed by atoms with Gasteiger partial charge in [-0.3, -0.25) is 4.79 Å². The molecule has 0 aliphatic heterocycles. The van der Waals surface area contributed by atoms with Crippen molar-refractivity contribution in [1.29, 1.82) is 5.26 Å². The Bertz CT molecular complexity index is 660. The van der Waals surface area contributed by atoms with Crippen molar-refractivity contribution in [1.82, 2.24) is 5.32 Å². The number of halogens is 3. The van der Waals surface area contributed by atoms with Gasteiger partial charge in [-0.2, -0.15) is 5.26 Å². The third-order valence-corrected chi connectivity index (χ3v) is 2.76. The van der Waals surface area contributed by atoms with Crippen LogP contribution in [0.15, 0.2) is 18.2 Å². The summed E-state index contributed by atoms with van der Waals surface area (Å²) in [5, 5.41) is 11.0. The number of hydrogen-bond donors (Lipinski definition) is 1. The zero-order valence-electron chi connectivity index (χ0n) is 12.8. The highest BCUT2D eigenvalue weighted by Crippen LogP contribution is 2.33. The van der Waals surface area contributed by atoms with Gasteiger partial charge in [0.1, 0.15) is 12.6 Å². The van der Waals surface area contributed by atoms with Gasteiger partial charge in [0.05, 0.1) is 6.07 Å². The van der Waals surface area contributed by atoms with Crippen molar-refractivity contribution in [2.75, 3.05) is 6.61 Å². The van der Waals surface area contributed by atoms with E-state index in [-0.39, 0.29) is 31.1 Å². The number of nitriles is 1. The van der Waals surface area contributed by atoms with E-state index in [1.807, 2.05) is 6.07 Å². The van der Waals surface area contributed by atoms with E-state index in [1.165, 1.54) is 19.1 Å². The van der Waals surface area contributed by atoms with E-state index < -0.39 is 18.2 Å². The standard InChI is InChI=1S/C16H15F3N2O3/c1-3-8-23-13-6-4-12(9-14(13)24-16(17,18)19)5-7-15(22)21-11(2)10-20/h1,4,6,9,11H,5,7-8H2,2H3,(H,21,22). The summed E-state index contributed by atoms with van der Waals surface area (Å²) in [4.78, 5) is 11.6. The first kappa shape index (κ1) is 19.2. The average Bonchev–Trinajstić information content (AvgIpc) is 2.50. The number of carbonyl (C=O) groups excluding carboxylic acids is 1. The maximum absolute atomic E-state index is 12.5. The SMILES string of the molecule is C#CCOc1ccc(CCC(=O)NC(C)C#N)cc1OC(F)(F)F. The molecule has 0 radical (unpaired) electrons. The Hall–Kier alpha value is -2.87. The third kappa shape index (κ3) is 6.93. The van der Waals surface area contributed by atoms with Gasteiger partial charge in [0.15, 0.2) is 11.5 Å². The maximum Gasteiger partial charge on any atom is 0.573 e. The highest BCUT2D eigenvalue weighted by Gasteiger charge is 2.32. The van der Waals surface area contributed by atoms with Crippen LogP contribution in [0.5, 0.6) is 11.5 Å². The molecule has 0 fully saturated rings. The van der Waals surface area contributed by atoms with E-state index in [0.717, 1.165) is 6.07 Å². The lowest BCUT2D eigenvalue weighted by molar-refractivity contribution is -0.275. The van der Waals surface area contributed by atoms with Crippen LogP contribution in [-0.4, -0.2) is 24.9 Å². The molecule has 1 unspecified atom stereocenters. The predicted octanol–water partition coefficient (Wildman–Crippen LogP) is 2.56. The molecule has 24 heavy (non-hydrogen) atoms. The molecule has 0 aromatic heterocycles. The second kappa shape index (κ2) is 8.68. The summed E-state index contributed by atoms with van der Waals surface area (Å²) in [5.41, 5.74) is 0.446. The number of benzene rings is 1. The molecule has 0 saturated carbocycles. The Kier molecular flexibility index (Phi) is 6.94. The molecule has 1 amide bonds. The number of nitrogens with one attached hydrogen (secondary N) is 1. The smallest absolute Gasteiger partial charge is 0.477 e. The molecule has 1 aromatic rings. The molecule has 1 rings (SSSR count). The quantitative estimate of drug-likeness (QED) is 0.775. The van der Waals surface area contributed by atoms with Crippen molar-refractivity contribution in [3.63, 3.8) is 0 Å². The van der Waals surface area contributed by atoms with Crippen LogP contribution in [0.4, 0.5) is 13.2 Å². The number of terminal acetylenes is 1. The predicted molar refractivity (Wildman–Crippen MR) is 79.0 cm³/mol. The van der Waals surface area contributed by atoms with E-state index in [0.29, 0.717) is 5.56 Å². The maximum atomic E-state index is 12.5. The molecule has 1 aromatic carbocycles. The minimum Gasteiger partial charge on any atom is -0.477 e. The summed E-state index contributed by atoms with van der Waals surface area (Å²) in [7, 11) is 0. The molecule has 1 N–H and O–H groups in total. The zero-order valence-corrected chi connectivity index (χ0v) is 12.8. The van der Waals surface area contributed by atoms with Crippen LogP contribution in [0.1, 0.15) is 18.9 Å². The van der Waals surface area contributed by atoms with E-state index in [1.54, 1.807) is 0 Å². The van der Waals surface area contributed by atoms with Crippen LogP contribution in [0.3, 0.4) is 0 Å². The highest BCUT2D eigenvalue weighted by atomic mass is 19.4. The van der Waals surface area contributed by atoms with E-state index in [9.17, 15) is 18.0 Å². The number of hydrogen-bond acceptors (Lipinski definition) is 4. The fourth-order valence-corrected chi connectivity index (χ4v) is 1.75. The zero-order chi connectivity index (χ0) is 18.2. The summed E-state index contributed by atoms with van der Waals surface area (Å²) in [6, 6.07) is 5.15. The normalized spacial score (nSPS) is 11.8. The second-order valence-electron chi connectivity index (χ2n) is 4.74. The molecular weight excluding hydrogens is 325 g/mol. The van der Waals surface area contributed by atoms with Gasteiger partial charge in [0.2, 0.25) is 5.91 Å². The number of aryl methyl sites for hydroxylation is 1. The van der Waals surface area contributed by atoms with Crippen molar-refractivity contribution < 1.29 is 27.4 Å². The lowest BCUT2D eigenvalue weighted by atomic mass is 10.1. The van der Waals surface area contributed by atoms with Gasteiger partial charge in [-0.25, -0.2) is 0 Å². The molecule has 0 aliphatic carbocycles. The molecule has 0 aliphatic rings. The van der Waals surface area contributed by atoms with Gasteiger partial charge in [-0.05, 0) is 31.0 Å². The first-order chi connectivity index (χ1) is 11.2. The van der Waals surface area contributed by atoms with Crippen molar-refractivity contribution in [3.05, 3.63) is 23.8 Å².